The third-order valence-electron chi connectivity index (χ3n) is 4.85. The summed E-state index contributed by atoms with van der Waals surface area (Å²) in [4.78, 5) is 0. The van der Waals surface area contributed by atoms with Crippen LogP contribution >= 0.6 is 17.0 Å². The Hall–Kier alpha value is -0.540. The molecule has 2 nitrogen and oxygen atoms in total. The standard InChI is InChI=1S/C14H19NO.BrH/c1-9-12-8-10-11(4-3-5-13(10)16)14(9,2)6-7-15-12;/h3-5,9,12,15-16H,6-8H2,1-2H3;1H/t9-,12-,14+;/m1./s1. The number of rotatable bonds is 0. The molecule has 1 heterocycles. The molecule has 0 spiro atoms. The van der Waals surface area contributed by atoms with Crippen LogP contribution in [-0.4, -0.2) is 17.7 Å². The zero-order valence-electron chi connectivity index (χ0n) is 10.4. The molecule has 0 aromatic heterocycles. The lowest BCUT2D eigenvalue weighted by atomic mass is 9.59. The highest BCUT2D eigenvalue weighted by molar-refractivity contribution is 8.93. The lowest BCUT2D eigenvalue weighted by Gasteiger charge is -2.50. The van der Waals surface area contributed by atoms with Gasteiger partial charge in [0.2, 0.25) is 0 Å². The van der Waals surface area contributed by atoms with Crippen molar-refractivity contribution in [2.45, 2.75) is 38.1 Å². The summed E-state index contributed by atoms with van der Waals surface area (Å²) >= 11 is 0. The normalized spacial score (nSPS) is 34.7. The van der Waals surface area contributed by atoms with E-state index in [4.69, 9.17) is 0 Å². The van der Waals surface area contributed by atoms with E-state index in [2.05, 4.69) is 25.2 Å². The van der Waals surface area contributed by atoms with Gasteiger partial charge in [-0.05, 0) is 47.9 Å². The van der Waals surface area contributed by atoms with Crippen LogP contribution in [0.1, 0.15) is 31.4 Å². The molecule has 0 amide bonds. The molecule has 0 unspecified atom stereocenters. The molecule has 1 aliphatic carbocycles. The number of piperidine rings is 1. The summed E-state index contributed by atoms with van der Waals surface area (Å²) in [7, 11) is 0. The summed E-state index contributed by atoms with van der Waals surface area (Å²) in [5.41, 5.74) is 2.78. The molecule has 2 bridgehead atoms. The van der Waals surface area contributed by atoms with Gasteiger partial charge in [0.1, 0.15) is 5.75 Å². The van der Waals surface area contributed by atoms with E-state index in [-0.39, 0.29) is 22.4 Å². The molecule has 1 saturated heterocycles. The van der Waals surface area contributed by atoms with Crippen molar-refractivity contribution in [1.82, 2.24) is 5.32 Å². The van der Waals surface area contributed by atoms with Gasteiger partial charge in [0.15, 0.2) is 0 Å². The lowest BCUT2D eigenvalue weighted by molar-refractivity contribution is 0.156. The van der Waals surface area contributed by atoms with E-state index < -0.39 is 0 Å². The molecule has 1 fully saturated rings. The second kappa shape index (κ2) is 4.29. The van der Waals surface area contributed by atoms with Crippen molar-refractivity contribution in [3.63, 3.8) is 0 Å². The molecular formula is C14H20BrNO. The minimum absolute atomic E-state index is 0. The van der Waals surface area contributed by atoms with Gasteiger partial charge in [0.05, 0.1) is 0 Å². The van der Waals surface area contributed by atoms with Crippen molar-refractivity contribution in [2.24, 2.45) is 5.92 Å². The molecule has 2 N–H and O–H groups in total. The molecular weight excluding hydrogens is 278 g/mol. The number of fused-ring (bicyclic) bond motifs is 4. The predicted octanol–water partition coefficient (Wildman–Crippen LogP) is 2.78. The Balaban J connectivity index is 0.00000108. The highest BCUT2D eigenvalue weighted by atomic mass is 79.9. The zero-order valence-corrected chi connectivity index (χ0v) is 12.1. The number of nitrogens with one attached hydrogen (secondary N) is 1. The van der Waals surface area contributed by atoms with Gasteiger partial charge in [-0.15, -0.1) is 17.0 Å². The van der Waals surface area contributed by atoms with E-state index in [9.17, 15) is 5.11 Å². The first-order valence-corrected chi connectivity index (χ1v) is 6.17. The Morgan fingerprint density at radius 2 is 2.18 bits per heavy atom. The minimum atomic E-state index is 0. The summed E-state index contributed by atoms with van der Waals surface area (Å²) in [5, 5.41) is 13.6. The molecule has 0 saturated carbocycles. The summed E-state index contributed by atoms with van der Waals surface area (Å²) in [6, 6.07) is 6.52. The zero-order chi connectivity index (χ0) is 11.3. The Kier molecular flexibility index (Phi) is 3.25. The topological polar surface area (TPSA) is 32.3 Å². The molecule has 1 aromatic rings. The van der Waals surface area contributed by atoms with Crippen LogP contribution in [0, 0.1) is 5.92 Å². The summed E-state index contributed by atoms with van der Waals surface area (Å²) in [6.07, 6.45) is 2.14. The SMILES string of the molecule is Br.C[C@@H]1[C@H]2Cc3c(O)cccc3[C@@]1(C)CCN2. The molecule has 2 aliphatic rings. The third kappa shape index (κ3) is 1.71. The van der Waals surface area contributed by atoms with Crippen molar-refractivity contribution in [2.75, 3.05) is 6.54 Å². The molecule has 1 aromatic carbocycles. The van der Waals surface area contributed by atoms with Crippen molar-refractivity contribution < 1.29 is 5.11 Å². The van der Waals surface area contributed by atoms with Crippen LogP contribution < -0.4 is 5.32 Å². The number of aromatic hydroxyl groups is 1. The largest absolute Gasteiger partial charge is 0.508 e. The van der Waals surface area contributed by atoms with E-state index in [1.165, 1.54) is 17.5 Å². The molecule has 0 radical (unpaired) electrons. The van der Waals surface area contributed by atoms with Crippen molar-refractivity contribution in [3.05, 3.63) is 29.3 Å². The fourth-order valence-corrected chi connectivity index (χ4v) is 3.54. The summed E-state index contributed by atoms with van der Waals surface area (Å²) in [6.45, 7) is 5.79. The second-order valence-electron chi connectivity index (χ2n) is 5.52. The smallest absolute Gasteiger partial charge is 0.119 e. The Bertz CT molecular complexity index is 434. The van der Waals surface area contributed by atoms with Crippen molar-refractivity contribution >= 4 is 17.0 Å². The molecule has 94 valence electrons. The fraction of sp³-hybridized carbons (Fsp3) is 0.571. The maximum absolute atomic E-state index is 9.98. The number of benzene rings is 1. The van der Waals surface area contributed by atoms with Crippen molar-refractivity contribution in [3.8, 4) is 5.75 Å². The van der Waals surface area contributed by atoms with Gasteiger partial charge >= 0.3 is 0 Å². The highest BCUT2D eigenvalue weighted by Crippen LogP contribution is 2.47. The first kappa shape index (κ1) is 12.9. The quantitative estimate of drug-likeness (QED) is 0.772. The van der Waals surface area contributed by atoms with Crippen LogP contribution in [0.5, 0.6) is 5.75 Å². The monoisotopic (exact) mass is 297 g/mol. The maximum Gasteiger partial charge on any atom is 0.119 e. The predicted molar refractivity (Wildman–Crippen MR) is 75.1 cm³/mol. The lowest BCUT2D eigenvalue weighted by Crippen LogP contribution is -2.56. The molecule has 3 heteroatoms. The second-order valence-corrected chi connectivity index (χ2v) is 5.52. The number of halogens is 1. The van der Waals surface area contributed by atoms with E-state index in [1.807, 2.05) is 12.1 Å². The Morgan fingerprint density at radius 1 is 1.41 bits per heavy atom. The average molecular weight is 298 g/mol. The first-order valence-electron chi connectivity index (χ1n) is 6.17. The molecule has 3 rings (SSSR count). The molecule has 17 heavy (non-hydrogen) atoms. The molecule has 1 aliphatic heterocycles. The van der Waals surface area contributed by atoms with Crippen LogP contribution in [0.25, 0.3) is 0 Å². The third-order valence-corrected chi connectivity index (χ3v) is 4.85. The van der Waals surface area contributed by atoms with Gasteiger partial charge < -0.3 is 10.4 Å². The Morgan fingerprint density at radius 3 is 2.94 bits per heavy atom. The maximum atomic E-state index is 9.98. The van der Waals surface area contributed by atoms with Crippen LogP contribution in [0.4, 0.5) is 0 Å². The summed E-state index contributed by atoms with van der Waals surface area (Å²) in [5.74, 6) is 1.12. The first-order chi connectivity index (χ1) is 7.63. The van der Waals surface area contributed by atoms with Gasteiger partial charge in [-0.1, -0.05) is 26.0 Å². The number of hydrogen-bond acceptors (Lipinski definition) is 2. The highest BCUT2D eigenvalue weighted by Gasteiger charge is 2.45. The van der Waals surface area contributed by atoms with Gasteiger partial charge in [0.25, 0.3) is 0 Å². The van der Waals surface area contributed by atoms with Crippen LogP contribution in [0.15, 0.2) is 18.2 Å². The van der Waals surface area contributed by atoms with Crippen molar-refractivity contribution in [1.29, 1.82) is 0 Å². The van der Waals surface area contributed by atoms with Crippen LogP contribution in [0.2, 0.25) is 0 Å². The van der Waals surface area contributed by atoms with E-state index in [0.29, 0.717) is 17.7 Å². The molecule has 3 atom stereocenters. The number of phenols is 1. The van der Waals surface area contributed by atoms with Crippen LogP contribution in [-0.2, 0) is 11.8 Å². The summed E-state index contributed by atoms with van der Waals surface area (Å²) < 4.78 is 0. The Labute approximate surface area is 113 Å². The van der Waals surface area contributed by atoms with Gasteiger partial charge in [-0.2, -0.15) is 0 Å². The average Bonchev–Trinajstić information content (AvgIpc) is 2.24. The van der Waals surface area contributed by atoms with E-state index >= 15 is 0 Å². The van der Waals surface area contributed by atoms with E-state index in [1.54, 1.807) is 0 Å². The number of phenolic OH excluding ortho intramolecular Hbond substituents is 1. The van der Waals surface area contributed by atoms with Crippen LogP contribution in [0.3, 0.4) is 0 Å². The van der Waals surface area contributed by atoms with Gasteiger partial charge in [0, 0.05) is 6.04 Å². The van der Waals surface area contributed by atoms with Gasteiger partial charge in [-0.3, -0.25) is 0 Å². The van der Waals surface area contributed by atoms with Gasteiger partial charge in [-0.25, -0.2) is 0 Å². The fourth-order valence-electron chi connectivity index (χ4n) is 3.54. The number of hydrogen-bond donors (Lipinski definition) is 2. The van der Waals surface area contributed by atoms with E-state index in [0.717, 1.165) is 13.0 Å². The minimum Gasteiger partial charge on any atom is -0.508 e.